The smallest absolute Gasteiger partial charge is 0.257 e. The molecule has 1 aliphatic carbocycles. The molecule has 2 aromatic heterocycles. The standard InChI is InChI=1S/C18H17ClN4O3/c19-11-5-12(9-21-8-11)25-13-6-18(7-13)17(24)23-15(1-2-16(23)26-18)14-10-20-3-4-22-14/h3-5,8-10,13,15-16H,1-2,6-7H2/t13?,15-,16+,18?/m0/s1. The summed E-state index contributed by atoms with van der Waals surface area (Å²) in [7, 11) is 0. The quantitative estimate of drug-likeness (QED) is 0.823. The van der Waals surface area contributed by atoms with E-state index >= 15 is 0 Å². The van der Waals surface area contributed by atoms with Gasteiger partial charge in [0.25, 0.3) is 5.91 Å². The van der Waals surface area contributed by atoms with Crippen LogP contribution in [0.25, 0.3) is 0 Å². The lowest BCUT2D eigenvalue weighted by Crippen LogP contribution is -2.56. The number of rotatable bonds is 3. The fourth-order valence-electron chi connectivity index (χ4n) is 4.17. The highest BCUT2D eigenvalue weighted by atomic mass is 35.5. The van der Waals surface area contributed by atoms with E-state index in [0.29, 0.717) is 23.6 Å². The molecule has 4 heterocycles. The lowest BCUT2D eigenvalue weighted by Gasteiger charge is -2.42. The Kier molecular flexibility index (Phi) is 3.62. The van der Waals surface area contributed by atoms with Crippen LogP contribution in [0.4, 0.5) is 0 Å². The molecule has 3 aliphatic rings. The van der Waals surface area contributed by atoms with Crippen LogP contribution in [0.5, 0.6) is 5.75 Å². The zero-order valence-electron chi connectivity index (χ0n) is 13.9. The van der Waals surface area contributed by atoms with Gasteiger partial charge in [-0.1, -0.05) is 11.6 Å². The summed E-state index contributed by atoms with van der Waals surface area (Å²) in [5.41, 5.74) is 0.0588. The SMILES string of the molecule is O=C1N2[C@@H](CC[C@H]2c2cnccn2)OC12CC(Oc1cncc(Cl)c1)C2. The van der Waals surface area contributed by atoms with Gasteiger partial charge in [-0.05, 0) is 12.8 Å². The van der Waals surface area contributed by atoms with Crippen molar-refractivity contribution >= 4 is 17.5 Å². The van der Waals surface area contributed by atoms with Crippen LogP contribution in [0.15, 0.2) is 37.1 Å². The van der Waals surface area contributed by atoms with Crippen molar-refractivity contribution in [2.75, 3.05) is 0 Å². The van der Waals surface area contributed by atoms with Gasteiger partial charge in [-0.3, -0.25) is 19.7 Å². The van der Waals surface area contributed by atoms with Crippen molar-refractivity contribution in [1.29, 1.82) is 0 Å². The first-order chi connectivity index (χ1) is 12.6. The second-order valence-corrected chi connectivity index (χ2v) is 7.43. The van der Waals surface area contributed by atoms with Crippen molar-refractivity contribution in [3.63, 3.8) is 0 Å². The lowest BCUT2D eigenvalue weighted by molar-refractivity contribution is -0.162. The van der Waals surface area contributed by atoms with E-state index < -0.39 is 5.60 Å². The molecule has 26 heavy (non-hydrogen) atoms. The molecule has 0 unspecified atom stereocenters. The van der Waals surface area contributed by atoms with Gasteiger partial charge < -0.3 is 14.4 Å². The van der Waals surface area contributed by atoms with E-state index in [1.165, 1.54) is 0 Å². The number of carbonyl (C=O) groups is 1. The molecule has 8 heteroatoms. The fraction of sp³-hybridized carbons (Fsp3) is 0.444. The van der Waals surface area contributed by atoms with Gasteiger partial charge in [0.05, 0.1) is 29.2 Å². The molecule has 134 valence electrons. The molecule has 1 spiro atoms. The molecular weight excluding hydrogens is 356 g/mol. The predicted octanol–water partition coefficient (Wildman–Crippen LogP) is 2.53. The van der Waals surface area contributed by atoms with Crippen molar-refractivity contribution < 1.29 is 14.3 Å². The van der Waals surface area contributed by atoms with E-state index in [4.69, 9.17) is 21.1 Å². The number of carbonyl (C=O) groups excluding carboxylic acids is 1. The van der Waals surface area contributed by atoms with Gasteiger partial charge in [-0.15, -0.1) is 0 Å². The van der Waals surface area contributed by atoms with Crippen LogP contribution in [0, 0.1) is 0 Å². The zero-order valence-corrected chi connectivity index (χ0v) is 14.7. The average molecular weight is 373 g/mol. The maximum atomic E-state index is 13.1. The number of nitrogens with zero attached hydrogens (tertiary/aromatic N) is 4. The third kappa shape index (κ3) is 2.46. The molecule has 5 rings (SSSR count). The second-order valence-electron chi connectivity index (χ2n) is 6.99. The molecule has 1 amide bonds. The molecule has 0 aromatic carbocycles. The summed E-state index contributed by atoms with van der Waals surface area (Å²) in [6.45, 7) is 0. The van der Waals surface area contributed by atoms with Gasteiger partial charge in [-0.25, -0.2) is 0 Å². The minimum absolute atomic E-state index is 0.0414. The molecule has 0 radical (unpaired) electrons. The summed E-state index contributed by atoms with van der Waals surface area (Å²) in [4.78, 5) is 27.4. The molecule has 0 N–H and O–H groups in total. The van der Waals surface area contributed by atoms with Crippen LogP contribution < -0.4 is 4.74 Å². The summed E-state index contributed by atoms with van der Waals surface area (Å²) >= 11 is 5.93. The number of halogens is 1. The van der Waals surface area contributed by atoms with Crippen LogP contribution in [-0.2, 0) is 9.53 Å². The van der Waals surface area contributed by atoms with E-state index in [2.05, 4.69) is 15.0 Å². The van der Waals surface area contributed by atoms with E-state index in [9.17, 15) is 4.79 Å². The molecule has 3 fully saturated rings. The normalized spacial score (nSPS) is 32.6. The molecule has 1 saturated carbocycles. The summed E-state index contributed by atoms with van der Waals surface area (Å²) in [5, 5.41) is 0.525. The maximum absolute atomic E-state index is 13.1. The van der Waals surface area contributed by atoms with Crippen molar-refractivity contribution in [2.24, 2.45) is 0 Å². The third-order valence-corrected chi connectivity index (χ3v) is 5.55. The molecule has 0 bridgehead atoms. The fourth-order valence-corrected chi connectivity index (χ4v) is 4.33. The molecule has 2 saturated heterocycles. The van der Waals surface area contributed by atoms with Gasteiger partial charge in [0.1, 0.15) is 18.1 Å². The number of aromatic nitrogens is 3. The topological polar surface area (TPSA) is 77.4 Å². The largest absolute Gasteiger partial charge is 0.489 e. The minimum atomic E-state index is -0.762. The second kappa shape index (κ2) is 5.89. The van der Waals surface area contributed by atoms with Crippen LogP contribution in [0.2, 0.25) is 5.02 Å². The number of fused-ring (bicyclic) bond motifs is 1. The molecular formula is C18H17ClN4O3. The van der Waals surface area contributed by atoms with E-state index in [1.54, 1.807) is 37.1 Å². The maximum Gasteiger partial charge on any atom is 0.257 e. The number of hydrogen-bond donors (Lipinski definition) is 0. The van der Waals surface area contributed by atoms with E-state index in [0.717, 1.165) is 18.5 Å². The van der Waals surface area contributed by atoms with Crippen LogP contribution in [0.1, 0.15) is 37.4 Å². The molecule has 2 aromatic rings. The van der Waals surface area contributed by atoms with Crippen LogP contribution >= 0.6 is 11.6 Å². The highest BCUT2D eigenvalue weighted by Crippen LogP contribution is 2.51. The van der Waals surface area contributed by atoms with Crippen molar-refractivity contribution in [3.8, 4) is 5.75 Å². The van der Waals surface area contributed by atoms with Gasteiger partial charge in [0, 0.05) is 37.5 Å². The summed E-state index contributed by atoms with van der Waals surface area (Å²) in [5.74, 6) is 0.653. The Bertz CT molecular complexity index is 843. The Morgan fingerprint density at radius 2 is 2.08 bits per heavy atom. The van der Waals surface area contributed by atoms with E-state index in [1.807, 2.05) is 4.90 Å². The Morgan fingerprint density at radius 1 is 1.19 bits per heavy atom. The van der Waals surface area contributed by atoms with Crippen LogP contribution in [0.3, 0.4) is 0 Å². The summed E-state index contributed by atoms with van der Waals surface area (Å²) in [6, 6.07) is 1.66. The van der Waals surface area contributed by atoms with Crippen molar-refractivity contribution in [2.45, 2.75) is 49.7 Å². The molecule has 2 atom stereocenters. The minimum Gasteiger partial charge on any atom is -0.489 e. The third-order valence-electron chi connectivity index (χ3n) is 5.34. The molecule has 7 nitrogen and oxygen atoms in total. The van der Waals surface area contributed by atoms with Gasteiger partial charge in [-0.2, -0.15) is 0 Å². The Labute approximate surface area is 155 Å². The van der Waals surface area contributed by atoms with Gasteiger partial charge in [0.15, 0.2) is 5.60 Å². The lowest BCUT2D eigenvalue weighted by atomic mass is 9.76. The zero-order chi connectivity index (χ0) is 17.7. The Hall–Kier alpha value is -2.25. The number of amides is 1. The summed E-state index contributed by atoms with van der Waals surface area (Å²) < 4.78 is 12.1. The number of hydrogen-bond acceptors (Lipinski definition) is 6. The van der Waals surface area contributed by atoms with Crippen molar-refractivity contribution in [1.82, 2.24) is 19.9 Å². The first-order valence-electron chi connectivity index (χ1n) is 8.68. The highest BCUT2D eigenvalue weighted by Gasteiger charge is 2.63. The highest BCUT2D eigenvalue weighted by molar-refractivity contribution is 6.30. The summed E-state index contributed by atoms with van der Waals surface area (Å²) in [6.07, 6.45) is 10.7. The van der Waals surface area contributed by atoms with Crippen molar-refractivity contribution in [3.05, 3.63) is 47.8 Å². The van der Waals surface area contributed by atoms with Gasteiger partial charge >= 0.3 is 0 Å². The molecule has 2 aliphatic heterocycles. The monoisotopic (exact) mass is 372 g/mol. The first kappa shape index (κ1) is 16.0. The van der Waals surface area contributed by atoms with Gasteiger partial charge in [0.2, 0.25) is 0 Å². The average Bonchev–Trinajstić information content (AvgIpc) is 3.14. The van der Waals surface area contributed by atoms with Crippen LogP contribution in [-0.4, -0.2) is 43.7 Å². The first-order valence-corrected chi connectivity index (χ1v) is 9.06. The van der Waals surface area contributed by atoms with E-state index in [-0.39, 0.29) is 24.3 Å². The Balaban J connectivity index is 1.29. The Morgan fingerprint density at radius 3 is 2.85 bits per heavy atom. The number of ether oxygens (including phenoxy) is 2. The number of pyridine rings is 1. The predicted molar refractivity (Wildman–Crippen MR) is 91.4 cm³/mol.